The van der Waals surface area contributed by atoms with E-state index in [-0.39, 0.29) is 0 Å². The maximum absolute atomic E-state index is 11.7. The van der Waals surface area contributed by atoms with Gasteiger partial charge in [-0.1, -0.05) is 44.4 Å². The van der Waals surface area contributed by atoms with Gasteiger partial charge in [-0.05, 0) is 44.3 Å². The fourth-order valence-corrected chi connectivity index (χ4v) is 4.04. The number of rotatable bonds is 6. The summed E-state index contributed by atoms with van der Waals surface area (Å²) in [6.45, 7) is 4.35. The SMILES string of the molecule is CCCCC(C1CCCCNC1)n1cc(C(=O)O)c2ccccc21. The highest BCUT2D eigenvalue weighted by atomic mass is 16.4. The van der Waals surface area contributed by atoms with E-state index in [1.54, 1.807) is 0 Å². The van der Waals surface area contributed by atoms with Gasteiger partial charge in [0, 0.05) is 23.1 Å². The molecule has 0 amide bonds. The monoisotopic (exact) mass is 328 g/mol. The number of unbranched alkanes of at least 4 members (excludes halogenated alkanes) is 1. The van der Waals surface area contributed by atoms with E-state index in [4.69, 9.17) is 0 Å². The Morgan fingerprint density at radius 2 is 2.21 bits per heavy atom. The molecule has 1 saturated heterocycles. The Kier molecular flexibility index (Phi) is 5.56. The molecule has 1 aliphatic heterocycles. The molecule has 0 bridgehead atoms. The van der Waals surface area contributed by atoms with Crippen molar-refractivity contribution >= 4 is 16.9 Å². The third-order valence-corrected chi connectivity index (χ3v) is 5.31. The van der Waals surface area contributed by atoms with Crippen molar-refractivity contribution in [2.24, 2.45) is 5.92 Å². The number of hydrogen-bond donors (Lipinski definition) is 2. The van der Waals surface area contributed by atoms with Crippen LogP contribution in [-0.4, -0.2) is 28.7 Å². The van der Waals surface area contributed by atoms with Gasteiger partial charge in [0.2, 0.25) is 0 Å². The van der Waals surface area contributed by atoms with Gasteiger partial charge in [-0.2, -0.15) is 0 Å². The van der Waals surface area contributed by atoms with Crippen molar-refractivity contribution in [3.63, 3.8) is 0 Å². The third kappa shape index (κ3) is 3.48. The van der Waals surface area contributed by atoms with E-state index >= 15 is 0 Å². The zero-order valence-electron chi connectivity index (χ0n) is 14.5. The number of nitrogens with zero attached hydrogens (tertiary/aromatic N) is 1. The van der Waals surface area contributed by atoms with E-state index in [0.717, 1.165) is 30.4 Å². The van der Waals surface area contributed by atoms with Gasteiger partial charge in [0.25, 0.3) is 0 Å². The van der Waals surface area contributed by atoms with E-state index < -0.39 is 5.97 Å². The molecule has 130 valence electrons. The molecule has 0 radical (unpaired) electrons. The molecule has 1 fully saturated rings. The van der Waals surface area contributed by atoms with Crippen LogP contribution < -0.4 is 5.32 Å². The zero-order chi connectivity index (χ0) is 16.9. The fourth-order valence-electron chi connectivity index (χ4n) is 4.04. The molecule has 0 aliphatic carbocycles. The maximum Gasteiger partial charge on any atom is 0.337 e. The molecule has 24 heavy (non-hydrogen) atoms. The van der Waals surface area contributed by atoms with Crippen LogP contribution in [0.25, 0.3) is 10.9 Å². The molecule has 1 aliphatic rings. The summed E-state index contributed by atoms with van der Waals surface area (Å²) in [5, 5.41) is 14.0. The molecule has 3 rings (SSSR count). The van der Waals surface area contributed by atoms with Gasteiger partial charge in [0.1, 0.15) is 0 Å². The number of hydrogen-bond acceptors (Lipinski definition) is 2. The van der Waals surface area contributed by atoms with Crippen molar-refractivity contribution < 1.29 is 9.90 Å². The second-order valence-electron chi connectivity index (χ2n) is 6.94. The van der Waals surface area contributed by atoms with Crippen molar-refractivity contribution in [2.45, 2.75) is 51.5 Å². The molecule has 4 heteroatoms. The fraction of sp³-hybridized carbons (Fsp3) is 0.550. The number of aromatic carboxylic acids is 1. The minimum absolute atomic E-state index is 0.369. The minimum atomic E-state index is -0.835. The average molecular weight is 328 g/mol. The standard InChI is InChI=1S/C20H28N2O2/c1-2-3-10-18(15-8-6-7-12-21-13-15)22-14-17(20(23)24)16-9-4-5-11-19(16)22/h4-5,9,11,14-15,18,21H,2-3,6-8,10,12-13H2,1H3,(H,23,24). The van der Waals surface area contributed by atoms with E-state index in [1.165, 1.54) is 32.1 Å². The van der Waals surface area contributed by atoms with Gasteiger partial charge >= 0.3 is 5.97 Å². The Bertz CT molecular complexity index is 684. The lowest BCUT2D eigenvalue weighted by molar-refractivity contribution is 0.0698. The van der Waals surface area contributed by atoms with Crippen LogP contribution in [0.2, 0.25) is 0 Å². The summed E-state index contributed by atoms with van der Waals surface area (Å²) in [6, 6.07) is 8.29. The number of carboxylic acids is 1. The predicted molar refractivity (Wildman–Crippen MR) is 97.7 cm³/mol. The van der Waals surface area contributed by atoms with E-state index in [2.05, 4.69) is 22.9 Å². The first-order chi connectivity index (χ1) is 11.7. The average Bonchev–Trinajstić information content (AvgIpc) is 2.77. The molecule has 0 spiro atoms. The van der Waals surface area contributed by atoms with Crippen LogP contribution in [-0.2, 0) is 0 Å². The Hall–Kier alpha value is -1.81. The molecule has 2 aromatic rings. The van der Waals surface area contributed by atoms with Crippen molar-refractivity contribution in [1.82, 2.24) is 9.88 Å². The van der Waals surface area contributed by atoms with Crippen molar-refractivity contribution in [1.29, 1.82) is 0 Å². The molecule has 1 aromatic carbocycles. The van der Waals surface area contributed by atoms with Crippen LogP contribution in [0.15, 0.2) is 30.5 Å². The summed E-state index contributed by atoms with van der Waals surface area (Å²) < 4.78 is 2.26. The lowest BCUT2D eigenvalue weighted by atomic mass is 9.90. The number of carboxylic acid groups (broad SMARTS) is 1. The van der Waals surface area contributed by atoms with Gasteiger partial charge < -0.3 is 15.0 Å². The summed E-state index contributed by atoms with van der Waals surface area (Å²) in [7, 11) is 0. The van der Waals surface area contributed by atoms with Gasteiger partial charge in [-0.3, -0.25) is 0 Å². The van der Waals surface area contributed by atoms with Crippen LogP contribution in [0.5, 0.6) is 0 Å². The Labute approximate surface area is 143 Å². The second-order valence-corrected chi connectivity index (χ2v) is 6.94. The quantitative estimate of drug-likeness (QED) is 0.823. The summed E-state index contributed by atoms with van der Waals surface area (Å²) in [5.74, 6) is -0.269. The van der Waals surface area contributed by atoms with Crippen LogP contribution in [0.1, 0.15) is 61.8 Å². The van der Waals surface area contributed by atoms with E-state index in [0.29, 0.717) is 17.5 Å². The molecular formula is C20H28N2O2. The zero-order valence-corrected chi connectivity index (χ0v) is 14.5. The summed E-state index contributed by atoms with van der Waals surface area (Å²) in [5.41, 5.74) is 1.48. The molecule has 2 N–H and O–H groups in total. The number of nitrogens with one attached hydrogen (secondary N) is 1. The highest BCUT2D eigenvalue weighted by molar-refractivity contribution is 6.03. The van der Waals surface area contributed by atoms with Crippen LogP contribution in [0, 0.1) is 5.92 Å². The van der Waals surface area contributed by atoms with E-state index in [9.17, 15) is 9.90 Å². The number of para-hydroxylation sites is 1. The van der Waals surface area contributed by atoms with Gasteiger partial charge in [-0.15, -0.1) is 0 Å². The van der Waals surface area contributed by atoms with Gasteiger partial charge in [0.05, 0.1) is 5.56 Å². The van der Waals surface area contributed by atoms with Gasteiger partial charge in [-0.25, -0.2) is 4.79 Å². The van der Waals surface area contributed by atoms with E-state index in [1.807, 2.05) is 24.4 Å². The largest absolute Gasteiger partial charge is 0.478 e. The Morgan fingerprint density at radius 1 is 1.38 bits per heavy atom. The molecule has 0 saturated carbocycles. The minimum Gasteiger partial charge on any atom is -0.478 e. The summed E-state index contributed by atoms with van der Waals surface area (Å²) in [4.78, 5) is 11.7. The smallest absolute Gasteiger partial charge is 0.337 e. The predicted octanol–water partition coefficient (Wildman–Crippen LogP) is 4.46. The molecule has 4 nitrogen and oxygen atoms in total. The number of benzene rings is 1. The Morgan fingerprint density at radius 3 is 3.00 bits per heavy atom. The highest BCUT2D eigenvalue weighted by Gasteiger charge is 2.26. The first-order valence-electron chi connectivity index (χ1n) is 9.26. The molecular weight excluding hydrogens is 300 g/mol. The molecule has 2 atom stereocenters. The van der Waals surface area contributed by atoms with Crippen molar-refractivity contribution in [3.05, 3.63) is 36.0 Å². The molecule has 2 unspecified atom stereocenters. The van der Waals surface area contributed by atoms with Crippen molar-refractivity contribution in [2.75, 3.05) is 13.1 Å². The lowest BCUT2D eigenvalue weighted by Crippen LogP contribution is -2.28. The maximum atomic E-state index is 11.7. The van der Waals surface area contributed by atoms with Crippen molar-refractivity contribution in [3.8, 4) is 0 Å². The number of aromatic nitrogens is 1. The second kappa shape index (κ2) is 7.84. The highest BCUT2D eigenvalue weighted by Crippen LogP contribution is 2.34. The molecule has 2 heterocycles. The van der Waals surface area contributed by atoms with Gasteiger partial charge in [0.15, 0.2) is 0 Å². The lowest BCUT2D eigenvalue weighted by Gasteiger charge is -2.28. The normalized spacial score (nSPS) is 20.0. The number of fused-ring (bicyclic) bond motifs is 1. The Balaban J connectivity index is 2.03. The summed E-state index contributed by atoms with van der Waals surface area (Å²) in [6.07, 6.45) is 9.04. The third-order valence-electron chi connectivity index (χ3n) is 5.31. The first kappa shape index (κ1) is 17.0. The van der Waals surface area contributed by atoms with Crippen LogP contribution in [0.3, 0.4) is 0 Å². The topological polar surface area (TPSA) is 54.3 Å². The summed E-state index contributed by atoms with van der Waals surface area (Å²) >= 11 is 0. The first-order valence-corrected chi connectivity index (χ1v) is 9.26. The number of carbonyl (C=O) groups is 1. The van der Waals surface area contributed by atoms with Crippen LogP contribution >= 0.6 is 0 Å². The molecule has 1 aromatic heterocycles. The van der Waals surface area contributed by atoms with Crippen LogP contribution in [0.4, 0.5) is 0 Å².